The lowest BCUT2D eigenvalue weighted by molar-refractivity contribution is -0.142. The van der Waals surface area contributed by atoms with Crippen molar-refractivity contribution in [2.75, 3.05) is 45.9 Å². The highest BCUT2D eigenvalue weighted by atomic mass is 16.5. The predicted octanol–water partition coefficient (Wildman–Crippen LogP) is 1.50. The van der Waals surface area contributed by atoms with E-state index in [1.54, 1.807) is 0 Å². The molecule has 2 aliphatic heterocycles. The van der Waals surface area contributed by atoms with Crippen LogP contribution in [0.5, 0.6) is 0 Å². The zero-order chi connectivity index (χ0) is 18.5. The van der Waals surface area contributed by atoms with Gasteiger partial charge in [0.1, 0.15) is 0 Å². The second-order valence-electron chi connectivity index (χ2n) is 8.45. The Balaban J connectivity index is 1.46. The maximum absolute atomic E-state index is 12.7. The smallest absolute Gasteiger partial charge is 0.234 e. The van der Waals surface area contributed by atoms with Gasteiger partial charge in [-0.15, -0.1) is 0 Å². The van der Waals surface area contributed by atoms with Gasteiger partial charge in [0.25, 0.3) is 0 Å². The topological polar surface area (TPSA) is 61.9 Å². The predicted molar refractivity (Wildman–Crippen MR) is 101 cm³/mol. The molecule has 2 saturated heterocycles. The Hall–Kier alpha value is -1.14. The zero-order valence-electron chi connectivity index (χ0n) is 16.4. The molecule has 0 bridgehead atoms. The van der Waals surface area contributed by atoms with Gasteiger partial charge in [-0.1, -0.05) is 26.7 Å². The highest BCUT2D eigenvalue weighted by Gasteiger charge is 2.32. The number of carbonyl (C=O) groups excluding carboxylic acids is 2. The lowest BCUT2D eigenvalue weighted by Gasteiger charge is -2.37. The summed E-state index contributed by atoms with van der Waals surface area (Å²) < 4.78 is 5.34. The van der Waals surface area contributed by atoms with Gasteiger partial charge >= 0.3 is 0 Å². The van der Waals surface area contributed by atoms with E-state index in [4.69, 9.17) is 4.74 Å². The van der Waals surface area contributed by atoms with E-state index in [1.165, 1.54) is 12.8 Å². The van der Waals surface area contributed by atoms with Crippen LogP contribution in [0.15, 0.2) is 0 Å². The van der Waals surface area contributed by atoms with Gasteiger partial charge in [-0.05, 0) is 37.6 Å². The van der Waals surface area contributed by atoms with Gasteiger partial charge < -0.3 is 15.0 Å². The normalized spacial score (nSPS) is 33.7. The second kappa shape index (κ2) is 9.18. The third kappa shape index (κ3) is 4.97. The second-order valence-corrected chi connectivity index (χ2v) is 8.45. The summed E-state index contributed by atoms with van der Waals surface area (Å²) in [6.07, 6.45) is 5.49. The van der Waals surface area contributed by atoms with Crippen LogP contribution >= 0.6 is 0 Å². The first kappa shape index (κ1) is 19.6. The van der Waals surface area contributed by atoms with Crippen LogP contribution in [0, 0.1) is 17.8 Å². The average Bonchev–Trinajstić information content (AvgIpc) is 2.66. The Bertz CT molecular complexity index is 493. The van der Waals surface area contributed by atoms with Crippen LogP contribution in [0.2, 0.25) is 0 Å². The van der Waals surface area contributed by atoms with Gasteiger partial charge in [0.2, 0.25) is 11.8 Å². The molecule has 26 heavy (non-hydrogen) atoms. The molecule has 2 amide bonds. The summed E-state index contributed by atoms with van der Waals surface area (Å²) in [5.74, 6) is 1.62. The molecule has 6 heteroatoms. The first-order valence-electron chi connectivity index (χ1n) is 10.4. The molecular formula is C20H35N3O3. The molecule has 1 saturated carbocycles. The van der Waals surface area contributed by atoms with E-state index >= 15 is 0 Å². The summed E-state index contributed by atoms with van der Waals surface area (Å²) in [6.45, 7) is 9.27. The number of rotatable bonds is 4. The summed E-state index contributed by atoms with van der Waals surface area (Å²) in [5, 5.41) is 3.26. The number of nitrogens with one attached hydrogen (secondary N) is 1. The molecule has 0 aromatic carbocycles. The minimum Gasteiger partial charge on any atom is -0.378 e. The number of likely N-dealkylation sites (tertiary alicyclic amines) is 1. The molecule has 1 N–H and O–H groups in total. The van der Waals surface area contributed by atoms with Gasteiger partial charge in [0.15, 0.2) is 0 Å². The molecule has 0 aromatic rings. The molecule has 0 radical (unpaired) electrons. The van der Waals surface area contributed by atoms with Crippen molar-refractivity contribution in [2.24, 2.45) is 17.8 Å². The monoisotopic (exact) mass is 365 g/mol. The van der Waals surface area contributed by atoms with E-state index in [0.717, 1.165) is 25.8 Å². The van der Waals surface area contributed by atoms with Crippen LogP contribution < -0.4 is 5.32 Å². The maximum Gasteiger partial charge on any atom is 0.234 e. The third-order valence-corrected chi connectivity index (χ3v) is 6.60. The van der Waals surface area contributed by atoms with E-state index in [9.17, 15) is 9.59 Å². The first-order valence-corrected chi connectivity index (χ1v) is 10.4. The standard InChI is InChI=1S/C20H35N3O3/c1-15-5-3-7-18(16(15)2)21-19(24)14-22-8-4-6-17(13-22)20(25)23-9-11-26-12-10-23/h15-18H,3-14H2,1-2H3,(H,21,24). The lowest BCUT2D eigenvalue weighted by Crippen LogP contribution is -2.51. The molecule has 3 aliphatic rings. The highest BCUT2D eigenvalue weighted by Crippen LogP contribution is 2.29. The molecule has 1 aliphatic carbocycles. The van der Waals surface area contributed by atoms with Gasteiger partial charge in [0.05, 0.1) is 25.7 Å². The number of nitrogens with zero attached hydrogens (tertiary/aromatic N) is 2. The molecule has 2 heterocycles. The van der Waals surface area contributed by atoms with Crippen LogP contribution in [0.25, 0.3) is 0 Å². The van der Waals surface area contributed by atoms with Crippen molar-refractivity contribution in [3.8, 4) is 0 Å². The Morgan fingerprint density at radius 3 is 2.58 bits per heavy atom. The molecular weight excluding hydrogens is 330 g/mol. The molecule has 4 atom stereocenters. The van der Waals surface area contributed by atoms with Crippen LogP contribution in [0.4, 0.5) is 0 Å². The summed E-state index contributed by atoms with van der Waals surface area (Å²) in [4.78, 5) is 29.4. The minimum absolute atomic E-state index is 0.0308. The first-order chi connectivity index (χ1) is 12.5. The van der Waals surface area contributed by atoms with Crippen molar-refractivity contribution >= 4 is 11.8 Å². The summed E-state index contributed by atoms with van der Waals surface area (Å²) in [6, 6.07) is 0.307. The fraction of sp³-hybridized carbons (Fsp3) is 0.900. The van der Waals surface area contributed by atoms with Crippen molar-refractivity contribution < 1.29 is 14.3 Å². The zero-order valence-corrected chi connectivity index (χ0v) is 16.4. The Morgan fingerprint density at radius 2 is 1.81 bits per heavy atom. The molecule has 6 nitrogen and oxygen atoms in total. The average molecular weight is 366 g/mol. The lowest BCUT2D eigenvalue weighted by atomic mass is 9.78. The van der Waals surface area contributed by atoms with Crippen molar-refractivity contribution in [2.45, 2.75) is 52.0 Å². The van der Waals surface area contributed by atoms with Gasteiger partial charge in [-0.2, -0.15) is 0 Å². The number of piperidine rings is 1. The Labute approximate surface area is 157 Å². The van der Waals surface area contributed by atoms with Gasteiger partial charge in [-0.3, -0.25) is 14.5 Å². The summed E-state index contributed by atoms with van der Waals surface area (Å²) in [5.41, 5.74) is 0. The fourth-order valence-electron chi connectivity index (χ4n) is 4.68. The number of carbonyl (C=O) groups is 2. The van der Waals surface area contributed by atoms with E-state index in [0.29, 0.717) is 57.3 Å². The van der Waals surface area contributed by atoms with E-state index in [1.807, 2.05) is 4.90 Å². The van der Waals surface area contributed by atoms with Crippen molar-refractivity contribution in [1.29, 1.82) is 0 Å². The third-order valence-electron chi connectivity index (χ3n) is 6.60. The van der Waals surface area contributed by atoms with Crippen LogP contribution in [0.1, 0.15) is 46.0 Å². The Morgan fingerprint density at radius 1 is 1.04 bits per heavy atom. The van der Waals surface area contributed by atoms with E-state index in [2.05, 4.69) is 24.1 Å². The molecule has 0 aromatic heterocycles. The number of hydrogen-bond acceptors (Lipinski definition) is 4. The van der Waals surface area contributed by atoms with E-state index < -0.39 is 0 Å². The van der Waals surface area contributed by atoms with Crippen LogP contribution in [0.3, 0.4) is 0 Å². The minimum atomic E-state index is 0.0308. The summed E-state index contributed by atoms with van der Waals surface area (Å²) >= 11 is 0. The van der Waals surface area contributed by atoms with E-state index in [-0.39, 0.29) is 17.7 Å². The molecule has 0 spiro atoms. The van der Waals surface area contributed by atoms with Crippen molar-refractivity contribution in [3.63, 3.8) is 0 Å². The summed E-state index contributed by atoms with van der Waals surface area (Å²) in [7, 11) is 0. The van der Waals surface area contributed by atoms with Crippen LogP contribution in [-0.2, 0) is 14.3 Å². The number of morpholine rings is 1. The molecule has 148 valence electrons. The molecule has 3 fully saturated rings. The number of hydrogen-bond donors (Lipinski definition) is 1. The van der Waals surface area contributed by atoms with Gasteiger partial charge in [-0.25, -0.2) is 0 Å². The Kier molecular flexibility index (Phi) is 6.92. The van der Waals surface area contributed by atoms with Gasteiger partial charge in [0, 0.05) is 25.7 Å². The maximum atomic E-state index is 12.7. The van der Waals surface area contributed by atoms with Crippen molar-refractivity contribution in [1.82, 2.24) is 15.1 Å². The SMILES string of the molecule is CC1CCCC(NC(=O)CN2CCCC(C(=O)N3CCOCC3)C2)C1C. The fourth-order valence-corrected chi connectivity index (χ4v) is 4.68. The largest absolute Gasteiger partial charge is 0.378 e. The molecule has 3 rings (SSSR count). The number of amides is 2. The highest BCUT2D eigenvalue weighted by molar-refractivity contribution is 5.80. The van der Waals surface area contributed by atoms with Crippen molar-refractivity contribution in [3.05, 3.63) is 0 Å². The van der Waals surface area contributed by atoms with Crippen LogP contribution in [-0.4, -0.2) is 73.6 Å². The molecule has 4 unspecified atom stereocenters. The quantitative estimate of drug-likeness (QED) is 0.820. The number of ether oxygens (including phenoxy) is 1.